The van der Waals surface area contributed by atoms with Crippen molar-refractivity contribution in [1.82, 2.24) is 0 Å². The van der Waals surface area contributed by atoms with Crippen molar-refractivity contribution in [2.24, 2.45) is 0 Å². The Morgan fingerprint density at radius 3 is 2.81 bits per heavy atom. The zero-order valence-corrected chi connectivity index (χ0v) is 9.82. The zero-order chi connectivity index (χ0) is 12.4. The van der Waals surface area contributed by atoms with Crippen LogP contribution in [-0.4, -0.2) is 23.8 Å². The number of carbonyl (C=O) groups is 1. The molecule has 0 radical (unpaired) electrons. The van der Waals surface area contributed by atoms with Gasteiger partial charge in [-0.25, -0.2) is 4.79 Å². The smallest absolute Gasteiger partial charge is 0.330 e. The predicted octanol–water partition coefficient (Wildman–Crippen LogP) is 2.38. The van der Waals surface area contributed by atoms with Gasteiger partial charge >= 0.3 is 5.97 Å². The van der Waals surface area contributed by atoms with E-state index in [1.165, 1.54) is 6.08 Å². The Bertz CT molecular complexity index is 266. The largest absolute Gasteiger partial charge is 0.463 e. The van der Waals surface area contributed by atoms with Gasteiger partial charge in [0.05, 0.1) is 12.7 Å². The molecule has 3 heteroatoms. The number of hydrogen-bond acceptors (Lipinski definition) is 3. The second-order valence-electron chi connectivity index (χ2n) is 3.38. The van der Waals surface area contributed by atoms with Gasteiger partial charge in [-0.1, -0.05) is 25.3 Å². The summed E-state index contributed by atoms with van der Waals surface area (Å²) in [6, 6.07) is 0. The monoisotopic (exact) mass is 224 g/mol. The number of unbranched alkanes of at least 4 members (excludes halogenated alkanes) is 1. The third-order valence-corrected chi connectivity index (χ3v) is 2.08. The second kappa shape index (κ2) is 8.92. The van der Waals surface area contributed by atoms with Crippen molar-refractivity contribution >= 4 is 5.97 Å². The van der Waals surface area contributed by atoms with Gasteiger partial charge in [0.25, 0.3) is 0 Å². The van der Waals surface area contributed by atoms with Gasteiger partial charge in [-0.3, -0.25) is 0 Å². The third kappa shape index (κ3) is 7.01. The van der Waals surface area contributed by atoms with E-state index in [2.05, 4.69) is 13.2 Å². The van der Waals surface area contributed by atoms with Crippen molar-refractivity contribution in [2.45, 2.75) is 32.3 Å². The van der Waals surface area contributed by atoms with Gasteiger partial charge in [-0.05, 0) is 31.8 Å². The van der Waals surface area contributed by atoms with Crippen molar-refractivity contribution in [3.05, 3.63) is 37.0 Å². The lowest BCUT2D eigenvalue weighted by molar-refractivity contribution is -0.137. The molecular formula is C13H20O3. The summed E-state index contributed by atoms with van der Waals surface area (Å²) >= 11 is 0. The number of aliphatic hydroxyl groups excluding tert-OH is 1. The standard InChI is InChI=1S/C13H20O3/c1-4-11(3)12(14)9-7-6-8-10-13(15)16-5-2/h4,8,10,12,14H,1,3,5-7,9H2,2H3/b10-8+. The molecule has 0 aromatic rings. The van der Waals surface area contributed by atoms with Crippen LogP contribution in [0.15, 0.2) is 37.0 Å². The molecule has 0 saturated carbocycles. The van der Waals surface area contributed by atoms with E-state index >= 15 is 0 Å². The Labute approximate surface area is 97.1 Å². The number of ether oxygens (including phenoxy) is 1. The third-order valence-electron chi connectivity index (χ3n) is 2.08. The highest BCUT2D eigenvalue weighted by Gasteiger charge is 2.04. The van der Waals surface area contributed by atoms with Crippen LogP contribution in [-0.2, 0) is 9.53 Å². The van der Waals surface area contributed by atoms with Crippen LogP contribution in [0.3, 0.4) is 0 Å². The van der Waals surface area contributed by atoms with Gasteiger partial charge < -0.3 is 9.84 Å². The lowest BCUT2D eigenvalue weighted by Crippen LogP contribution is -2.07. The van der Waals surface area contributed by atoms with Crippen LogP contribution in [0.2, 0.25) is 0 Å². The minimum absolute atomic E-state index is 0.321. The molecular weight excluding hydrogens is 204 g/mol. The lowest BCUT2D eigenvalue weighted by atomic mass is 10.1. The molecule has 0 aromatic carbocycles. The fraction of sp³-hybridized carbons (Fsp3) is 0.462. The maximum atomic E-state index is 10.9. The fourth-order valence-electron chi connectivity index (χ4n) is 1.12. The van der Waals surface area contributed by atoms with E-state index in [9.17, 15) is 9.90 Å². The normalized spacial score (nSPS) is 12.4. The van der Waals surface area contributed by atoms with Crippen molar-refractivity contribution < 1.29 is 14.6 Å². The summed E-state index contributed by atoms with van der Waals surface area (Å²) in [5.41, 5.74) is 0.634. The molecule has 3 nitrogen and oxygen atoms in total. The van der Waals surface area contributed by atoms with E-state index in [1.807, 2.05) is 0 Å². The summed E-state index contributed by atoms with van der Waals surface area (Å²) in [6.07, 6.45) is 6.34. The van der Waals surface area contributed by atoms with E-state index < -0.39 is 6.10 Å². The highest BCUT2D eigenvalue weighted by molar-refractivity contribution is 5.81. The molecule has 0 bridgehead atoms. The van der Waals surface area contributed by atoms with E-state index in [4.69, 9.17) is 4.74 Å². The Balaban J connectivity index is 3.63. The summed E-state index contributed by atoms with van der Waals surface area (Å²) in [5.74, 6) is -0.321. The van der Waals surface area contributed by atoms with Crippen LogP contribution in [0, 0.1) is 0 Å². The number of esters is 1. The highest BCUT2D eigenvalue weighted by atomic mass is 16.5. The molecule has 0 spiro atoms. The molecule has 0 rings (SSSR count). The highest BCUT2D eigenvalue weighted by Crippen LogP contribution is 2.09. The van der Waals surface area contributed by atoms with Crippen LogP contribution in [0.25, 0.3) is 0 Å². The van der Waals surface area contributed by atoms with Crippen LogP contribution in [0.5, 0.6) is 0 Å². The van der Waals surface area contributed by atoms with Gasteiger partial charge in [-0.2, -0.15) is 0 Å². The number of rotatable bonds is 8. The molecule has 0 aromatic heterocycles. The topological polar surface area (TPSA) is 46.5 Å². The summed E-state index contributed by atoms with van der Waals surface area (Å²) in [5, 5.41) is 9.52. The minimum Gasteiger partial charge on any atom is -0.463 e. The SMILES string of the molecule is C=CC(=C)C(O)CCC/C=C/C(=O)OCC. The Morgan fingerprint density at radius 2 is 2.25 bits per heavy atom. The number of aliphatic hydroxyl groups is 1. The summed E-state index contributed by atoms with van der Waals surface area (Å²) in [4.78, 5) is 10.9. The second-order valence-corrected chi connectivity index (χ2v) is 3.38. The zero-order valence-electron chi connectivity index (χ0n) is 9.82. The number of hydrogen-bond donors (Lipinski definition) is 1. The lowest BCUT2D eigenvalue weighted by Gasteiger charge is -2.08. The van der Waals surface area contributed by atoms with Crippen molar-refractivity contribution in [2.75, 3.05) is 6.61 Å². The molecule has 90 valence electrons. The summed E-state index contributed by atoms with van der Waals surface area (Å²) in [7, 11) is 0. The molecule has 0 aliphatic rings. The van der Waals surface area contributed by atoms with E-state index in [0.29, 0.717) is 18.6 Å². The Hall–Kier alpha value is -1.35. The maximum absolute atomic E-state index is 10.9. The number of allylic oxidation sites excluding steroid dienone is 1. The molecule has 0 fully saturated rings. The number of carbonyl (C=O) groups excluding carboxylic acids is 1. The predicted molar refractivity (Wildman–Crippen MR) is 65.0 cm³/mol. The molecule has 1 unspecified atom stereocenters. The Morgan fingerprint density at radius 1 is 1.56 bits per heavy atom. The Kier molecular flexibility index (Phi) is 8.17. The van der Waals surface area contributed by atoms with Crippen LogP contribution in [0.1, 0.15) is 26.2 Å². The van der Waals surface area contributed by atoms with E-state index in [0.717, 1.165) is 12.8 Å². The molecule has 0 amide bonds. The van der Waals surface area contributed by atoms with Crippen LogP contribution in [0.4, 0.5) is 0 Å². The average Bonchev–Trinajstić information content (AvgIpc) is 2.27. The van der Waals surface area contributed by atoms with Gasteiger partial charge in [0, 0.05) is 6.08 Å². The van der Waals surface area contributed by atoms with Crippen molar-refractivity contribution in [3.63, 3.8) is 0 Å². The van der Waals surface area contributed by atoms with Gasteiger partial charge in [0.2, 0.25) is 0 Å². The minimum atomic E-state index is -0.534. The first-order valence-corrected chi connectivity index (χ1v) is 5.44. The van der Waals surface area contributed by atoms with E-state index in [1.54, 1.807) is 19.1 Å². The first-order chi connectivity index (χ1) is 7.61. The van der Waals surface area contributed by atoms with Gasteiger partial charge in [-0.15, -0.1) is 0 Å². The van der Waals surface area contributed by atoms with Crippen molar-refractivity contribution in [1.29, 1.82) is 0 Å². The van der Waals surface area contributed by atoms with Gasteiger partial charge in [0.15, 0.2) is 0 Å². The molecule has 16 heavy (non-hydrogen) atoms. The molecule has 0 aliphatic heterocycles. The summed E-state index contributed by atoms with van der Waals surface area (Å²) < 4.78 is 4.72. The molecule has 0 heterocycles. The maximum Gasteiger partial charge on any atom is 0.330 e. The van der Waals surface area contributed by atoms with Crippen LogP contribution < -0.4 is 0 Å². The molecule has 1 N–H and O–H groups in total. The van der Waals surface area contributed by atoms with E-state index in [-0.39, 0.29) is 5.97 Å². The van der Waals surface area contributed by atoms with Crippen LogP contribution >= 0.6 is 0 Å². The summed E-state index contributed by atoms with van der Waals surface area (Å²) in [6.45, 7) is 9.36. The van der Waals surface area contributed by atoms with Gasteiger partial charge in [0.1, 0.15) is 0 Å². The van der Waals surface area contributed by atoms with Crippen molar-refractivity contribution in [3.8, 4) is 0 Å². The molecule has 0 aliphatic carbocycles. The quantitative estimate of drug-likeness (QED) is 0.298. The molecule has 1 atom stereocenters. The fourth-order valence-corrected chi connectivity index (χ4v) is 1.12. The first-order valence-electron chi connectivity index (χ1n) is 5.44. The molecule has 0 saturated heterocycles. The first kappa shape index (κ1) is 14.6. The average molecular weight is 224 g/mol.